The highest BCUT2D eigenvalue weighted by Crippen LogP contribution is 2.33. The Labute approximate surface area is 171 Å². The van der Waals surface area contributed by atoms with Crippen LogP contribution >= 0.6 is 0 Å². The van der Waals surface area contributed by atoms with Crippen molar-refractivity contribution in [2.45, 2.75) is 13.0 Å². The molecule has 4 aromatic rings. The van der Waals surface area contributed by atoms with Crippen LogP contribution in [0.25, 0.3) is 22.2 Å². The number of nitriles is 1. The van der Waals surface area contributed by atoms with Gasteiger partial charge in [0, 0.05) is 31.1 Å². The first-order valence-corrected chi connectivity index (χ1v) is 9.08. The van der Waals surface area contributed by atoms with Crippen LogP contribution in [0, 0.1) is 11.3 Å². The van der Waals surface area contributed by atoms with Crippen LogP contribution in [0.4, 0.5) is 17.6 Å². The largest absolute Gasteiger partial charge is 0.493 e. The van der Waals surface area contributed by atoms with Gasteiger partial charge in [0.05, 0.1) is 22.8 Å². The highest BCUT2D eigenvalue weighted by molar-refractivity contribution is 5.83. The fourth-order valence-electron chi connectivity index (χ4n) is 3.33. The van der Waals surface area contributed by atoms with Gasteiger partial charge in [-0.25, -0.2) is 9.97 Å². The third kappa shape index (κ3) is 3.29. The Morgan fingerprint density at radius 3 is 2.73 bits per heavy atom. The standard InChI is InChI=1S/C20H19N9O/c1-10(25-19-13(9-21)18(22)27-20(23)28-19)17-12(11-3-5-24-16(30)7-11)8-15-14(26-17)4-6-29(15)2/h3-8,10H,1-2H3,(H,24,30)(H5,22,23,25,27,28)/t10-/m0/s1. The summed E-state index contributed by atoms with van der Waals surface area (Å²) in [5.74, 6) is 0.111. The number of aromatic hydroxyl groups is 1. The average Bonchev–Trinajstić information content (AvgIpc) is 3.07. The zero-order valence-electron chi connectivity index (χ0n) is 16.3. The smallest absolute Gasteiger partial charge is 0.224 e. The lowest BCUT2D eigenvalue weighted by molar-refractivity contribution is 0.454. The van der Waals surface area contributed by atoms with E-state index >= 15 is 0 Å². The van der Waals surface area contributed by atoms with Gasteiger partial charge in [0.25, 0.3) is 0 Å². The maximum atomic E-state index is 9.86. The maximum absolute atomic E-state index is 9.86. The lowest BCUT2D eigenvalue weighted by Gasteiger charge is -2.19. The molecule has 4 heterocycles. The number of aromatic nitrogens is 5. The van der Waals surface area contributed by atoms with Gasteiger partial charge in [-0.2, -0.15) is 15.2 Å². The van der Waals surface area contributed by atoms with Crippen LogP contribution in [0.2, 0.25) is 0 Å². The Hall–Kier alpha value is -4.39. The minimum Gasteiger partial charge on any atom is -0.493 e. The fraction of sp³-hybridized carbons (Fsp3) is 0.150. The summed E-state index contributed by atoms with van der Waals surface area (Å²) in [6.07, 6.45) is 3.45. The minimum absolute atomic E-state index is 0.00505. The maximum Gasteiger partial charge on any atom is 0.224 e. The molecule has 150 valence electrons. The number of nitrogens with zero attached hydrogens (tertiary/aromatic N) is 6. The van der Waals surface area contributed by atoms with E-state index in [1.54, 1.807) is 12.1 Å². The molecule has 0 saturated heterocycles. The molecule has 0 unspecified atom stereocenters. The lowest BCUT2D eigenvalue weighted by Crippen LogP contribution is -2.15. The number of nitrogens with two attached hydrogens (primary N) is 2. The van der Waals surface area contributed by atoms with Gasteiger partial charge in [-0.15, -0.1) is 0 Å². The zero-order valence-corrected chi connectivity index (χ0v) is 16.3. The molecule has 0 saturated carbocycles. The molecule has 30 heavy (non-hydrogen) atoms. The van der Waals surface area contributed by atoms with E-state index < -0.39 is 0 Å². The molecule has 0 fully saturated rings. The summed E-state index contributed by atoms with van der Waals surface area (Å²) < 4.78 is 1.97. The molecule has 0 aliphatic carbocycles. The van der Waals surface area contributed by atoms with E-state index in [2.05, 4.69) is 20.3 Å². The molecule has 10 nitrogen and oxygen atoms in total. The summed E-state index contributed by atoms with van der Waals surface area (Å²) in [5, 5.41) is 22.5. The third-order valence-corrected chi connectivity index (χ3v) is 4.78. The van der Waals surface area contributed by atoms with Crippen molar-refractivity contribution in [3.8, 4) is 23.1 Å². The predicted molar refractivity (Wildman–Crippen MR) is 113 cm³/mol. The molecule has 0 aliphatic rings. The minimum atomic E-state index is -0.374. The van der Waals surface area contributed by atoms with E-state index in [9.17, 15) is 10.4 Å². The van der Waals surface area contributed by atoms with E-state index in [1.165, 1.54) is 6.20 Å². The molecule has 10 heteroatoms. The molecule has 0 radical (unpaired) electrons. The summed E-state index contributed by atoms with van der Waals surface area (Å²) in [6, 6.07) is 8.91. The van der Waals surface area contributed by atoms with Gasteiger partial charge in [-0.3, -0.25) is 0 Å². The van der Waals surface area contributed by atoms with Crippen molar-refractivity contribution < 1.29 is 5.11 Å². The van der Waals surface area contributed by atoms with Crippen LogP contribution in [-0.4, -0.2) is 29.6 Å². The van der Waals surface area contributed by atoms with E-state index in [4.69, 9.17) is 16.5 Å². The molecule has 4 aromatic heterocycles. The van der Waals surface area contributed by atoms with E-state index in [0.717, 1.165) is 22.2 Å². The molecular weight excluding hydrogens is 382 g/mol. The van der Waals surface area contributed by atoms with Crippen LogP contribution in [0.15, 0.2) is 36.7 Å². The van der Waals surface area contributed by atoms with Crippen LogP contribution in [0.3, 0.4) is 0 Å². The number of pyridine rings is 2. The molecule has 6 N–H and O–H groups in total. The second-order valence-electron chi connectivity index (χ2n) is 6.82. The first-order chi connectivity index (χ1) is 14.4. The first kappa shape index (κ1) is 18.9. The van der Waals surface area contributed by atoms with Crippen LogP contribution < -0.4 is 16.8 Å². The Morgan fingerprint density at radius 2 is 2.00 bits per heavy atom. The number of rotatable bonds is 4. The molecule has 0 aromatic carbocycles. The van der Waals surface area contributed by atoms with Crippen molar-refractivity contribution in [3.63, 3.8) is 0 Å². The average molecular weight is 401 g/mol. The number of aryl methyl sites for hydroxylation is 1. The fourth-order valence-corrected chi connectivity index (χ4v) is 3.33. The van der Waals surface area contributed by atoms with Crippen LogP contribution in [-0.2, 0) is 7.05 Å². The molecule has 1 atom stereocenters. The van der Waals surface area contributed by atoms with Gasteiger partial charge in [0.15, 0.2) is 5.82 Å². The SMILES string of the molecule is C[C@H](Nc1nc(N)nc(N)c1C#N)c1nc2ccn(C)c2cc1-c1ccnc(O)c1. The number of hydrogen-bond acceptors (Lipinski definition) is 9. The second-order valence-corrected chi connectivity index (χ2v) is 6.82. The van der Waals surface area contributed by atoms with Crippen molar-refractivity contribution in [1.29, 1.82) is 5.26 Å². The number of hydrogen-bond donors (Lipinski definition) is 4. The Bertz CT molecular complexity index is 1310. The molecule has 0 aliphatic heterocycles. The molecule has 0 amide bonds. The number of nitrogen functional groups attached to an aromatic ring is 2. The summed E-state index contributed by atoms with van der Waals surface area (Å²) in [4.78, 5) is 16.6. The van der Waals surface area contributed by atoms with Gasteiger partial charge in [0.1, 0.15) is 17.5 Å². The Kier molecular flexibility index (Phi) is 4.56. The van der Waals surface area contributed by atoms with Gasteiger partial charge in [-0.05, 0) is 30.7 Å². The molecule has 0 bridgehead atoms. The highest BCUT2D eigenvalue weighted by Gasteiger charge is 2.20. The van der Waals surface area contributed by atoms with E-state index in [0.29, 0.717) is 5.69 Å². The monoisotopic (exact) mass is 401 g/mol. The van der Waals surface area contributed by atoms with Crippen molar-refractivity contribution in [1.82, 2.24) is 24.5 Å². The Morgan fingerprint density at radius 1 is 1.20 bits per heavy atom. The molecular formula is C20H19N9O. The molecule has 0 spiro atoms. The lowest BCUT2D eigenvalue weighted by atomic mass is 10.0. The van der Waals surface area contributed by atoms with E-state index in [-0.39, 0.29) is 35.1 Å². The third-order valence-electron chi connectivity index (χ3n) is 4.78. The molecule has 4 rings (SSSR count). The first-order valence-electron chi connectivity index (χ1n) is 9.08. The van der Waals surface area contributed by atoms with Gasteiger partial charge in [-0.1, -0.05) is 0 Å². The highest BCUT2D eigenvalue weighted by atomic mass is 16.3. The number of fused-ring (bicyclic) bond motifs is 1. The van der Waals surface area contributed by atoms with Crippen molar-refractivity contribution in [2.75, 3.05) is 16.8 Å². The Balaban J connectivity index is 1.86. The predicted octanol–water partition coefficient (Wildman–Crippen LogP) is 2.34. The van der Waals surface area contributed by atoms with Gasteiger partial charge >= 0.3 is 0 Å². The second kappa shape index (κ2) is 7.21. The number of nitrogens with one attached hydrogen (secondary N) is 1. The normalized spacial score (nSPS) is 11.9. The summed E-state index contributed by atoms with van der Waals surface area (Å²) in [6.45, 7) is 1.89. The summed E-state index contributed by atoms with van der Waals surface area (Å²) in [5.41, 5.74) is 15.6. The van der Waals surface area contributed by atoms with Crippen LogP contribution in [0.5, 0.6) is 5.88 Å². The van der Waals surface area contributed by atoms with E-state index in [1.807, 2.05) is 42.9 Å². The van der Waals surface area contributed by atoms with Gasteiger partial charge in [0.2, 0.25) is 11.8 Å². The van der Waals surface area contributed by atoms with Crippen LogP contribution in [0.1, 0.15) is 24.2 Å². The van der Waals surface area contributed by atoms with Crippen molar-refractivity contribution >= 4 is 28.6 Å². The topological polar surface area (TPSA) is 165 Å². The van der Waals surface area contributed by atoms with Gasteiger partial charge < -0.3 is 26.5 Å². The van der Waals surface area contributed by atoms with Crippen molar-refractivity contribution in [3.05, 3.63) is 47.9 Å². The summed E-state index contributed by atoms with van der Waals surface area (Å²) >= 11 is 0. The van der Waals surface area contributed by atoms with Crippen molar-refractivity contribution in [2.24, 2.45) is 7.05 Å². The quantitative estimate of drug-likeness (QED) is 0.401. The summed E-state index contributed by atoms with van der Waals surface area (Å²) in [7, 11) is 1.94. The number of anilines is 3. The zero-order chi connectivity index (χ0) is 21.4.